The van der Waals surface area contributed by atoms with E-state index in [2.05, 4.69) is 20.7 Å². The highest BCUT2D eigenvalue weighted by Crippen LogP contribution is 2.27. The summed E-state index contributed by atoms with van der Waals surface area (Å²) >= 11 is 0. The third-order valence-electron chi connectivity index (χ3n) is 4.19. The number of amides is 4. The van der Waals surface area contributed by atoms with Crippen LogP contribution in [0.3, 0.4) is 0 Å². The normalized spacial score (nSPS) is 18.2. The second-order valence-electron chi connectivity index (χ2n) is 6.30. The highest BCUT2D eigenvalue weighted by atomic mass is 19.3. The van der Waals surface area contributed by atoms with Crippen LogP contribution in [0.1, 0.15) is 12.5 Å². The molecule has 0 spiro atoms. The Labute approximate surface area is 164 Å². The predicted octanol–water partition coefficient (Wildman–Crippen LogP) is 2.36. The maximum absolute atomic E-state index is 12.1. The fraction of sp³-hybridized carbons (Fsp3) is 0.211. The molecule has 152 valence electrons. The number of carbonyl (C=O) groups is 3. The van der Waals surface area contributed by atoms with Crippen molar-refractivity contribution in [1.29, 1.82) is 0 Å². The summed E-state index contributed by atoms with van der Waals surface area (Å²) in [7, 11) is 0. The van der Waals surface area contributed by atoms with E-state index in [4.69, 9.17) is 4.74 Å². The molecule has 0 aromatic heterocycles. The van der Waals surface area contributed by atoms with Gasteiger partial charge in [0.05, 0.1) is 0 Å². The number of rotatable bonds is 7. The van der Waals surface area contributed by atoms with Crippen LogP contribution in [0.25, 0.3) is 0 Å². The van der Waals surface area contributed by atoms with Crippen LogP contribution in [-0.4, -0.2) is 31.1 Å². The van der Waals surface area contributed by atoms with Gasteiger partial charge in [-0.15, -0.1) is 0 Å². The lowest BCUT2D eigenvalue weighted by molar-refractivity contribution is -0.123. The van der Waals surface area contributed by atoms with Gasteiger partial charge in [-0.25, -0.2) is 4.79 Å². The van der Waals surface area contributed by atoms with Gasteiger partial charge < -0.3 is 20.1 Å². The molecule has 0 aliphatic carbocycles. The zero-order valence-electron chi connectivity index (χ0n) is 15.2. The van der Waals surface area contributed by atoms with Crippen molar-refractivity contribution in [3.8, 4) is 11.5 Å². The molecule has 1 aliphatic heterocycles. The van der Waals surface area contributed by atoms with E-state index < -0.39 is 30.0 Å². The Hall–Kier alpha value is -3.69. The first-order valence-electron chi connectivity index (χ1n) is 8.48. The monoisotopic (exact) mass is 405 g/mol. The Bertz CT molecular complexity index is 936. The molecule has 1 unspecified atom stereocenters. The fourth-order valence-corrected chi connectivity index (χ4v) is 2.71. The second-order valence-corrected chi connectivity index (χ2v) is 6.30. The summed E-state index contributed by atoms with van der Waals surface area (Å²) in [6.07, 6.45) is 0. The van der Waals surface area contributed by atoms with Gasteiger partial charge in [-0.1, -0.05) is 12.1 Å². The van der Waals surface area contributed by atoms with Crippen LogP contribution in [-0.2, 0) is 15.1 Å². The van der Waals surface area contributed by atoms with Gasteiger partial charge in [0.2, 0.25) is 0 Å². The van der Waals surface area contributed by atoms with E-state index in [1.165, 1.54) is 24.3 Å². The maximum Gasteiger partial charge on any atom is 0.387 e. The van der Waals surface area contributed by atoms with Crippen molar-refractivity contribution in [2.24, 2.45) is 0 Å². The van der Waals surface area contributed by atoms with Gasteiger partial charge in [-0.05, 0) is 48.9 Å². The van der Waals surface area contributed by atoms with E-state index in [1.54, 1.807) is 31.2 Å². The molecule has 29 heavy (non-hydrogen) atoms. The third kappa shape index (κ3) is 4.78. The van der Waals surface area contributed by atoms with Crippen molar-refractivity contribution in [1.82, 2.24) is 10.6 Å². The van der Waals surface area contributed by atoms with Crippen molar-refractivity contribution in [3.05, 3.63) is 54.1 Å². The number of nitrogens with one attached hydrogen (secondary N) is 3. The number of benzene rings is 2. The van der Waals surface area contributed by atoms with Gasteiger partial charge in [-0.2, -0.15) is 8.78 Å². The average Bonchev–Trinajstić information content (AvgIpc) is 2.94. The molecule has 0 bridgehead atoms. The number of ether oxygens (including phenoxy) is 2. The molecular formula is C19H17F2N3O5. The van der Waals surface area contributed by atoms with E-state index in [9.17, 15) is 23.2 Å². The van der Waals surface area contributed by atoms with Crippen LogP contribution >= 0.6 is 0 Å². The van der Waals surface area contributed by atoms with E-state index >= 15 is 0 Å². The van der Waals surface area contributed by atoms with Crippen LogP contribution in [0.5, 0.6) is 11.5 Å². The Morgan fingerprint density at radius 3 is 2.48 bits per heavy atom. The van der Waals surface area contributed by atoms with E-state index in [1.807, 2.05) is 0 Å². The van der Waals surface area contributed by atoms with Gasteiger partial charge in [0, 0.05) is 5.69 Å². The molecule has 3 N–H and O–H groups in total. The Balaban J connectivity index is 1.58. The fourth-order valence-electron chi connectivity index (χ4n) is 2.71. The topological polar surface area (TPSA) is 106 Å². The molecule has 2 aromatic rings. The molecule has 1 aliphatic rings. The second kappa shape index (κ2) is 8.13. The van der Waals surface area contributed by atoms with Gasteiger partial charge >= 0.3 is 12.6 Å². The summed E-state index contributed by atoms with van der Waals surface area (Å²) in [5.74, 6) is -0.663. The molecule has 1 atom stereocenters. The highest BCUT2D eigenvalue weighted by molar-refractivity contribution is 6.07. The molecule has 0 radical (unpaired) electrons. The molecule has 4 amide bonds. The minimum atomic E-state index is -2.93. The standard InChI is InChI=1S/C19H17F2N3O5/c1-19(16(26)23-18(27)24-19)11-3-2-4-14(9-11)28-10-15(25)22-12-5-7-13(8-6-12)29-17(20)21/h2-9,17H,10H2,1H3,(H,22,25)(H2,23,24,26,27). The first kappa shape index (κ1) is 20.1. The van der Waals surface area contributed by atoms with Crippen molar-refractivity contribution in [2.45, 2.75) is 19.1 Å². The summed E-state index contributed by atoms with van der Waals surface area (Å²) in [5, 5.41) is 7.27. The Morgan fingerprint density at radius 1 is 1.14 bits per heavy atom. The van der Waals surface area contributed by atoms with Crippen molar-refractivity contribution < 1.29 is 32.6 Å². The number of hydrogen-bond acceptors (Lipinski definition) is 5. The van der Waals surface area contributed by atoms with Gasteiger partial charge in [0.25, 0.3) is 11.8 Å². The van der Waals surface area contributed by atoms with E-state index in [-0.39, 0.29) is 12.4 Å². The maximum atomic E-state index is 12.1. The summed E-state index contributed by atoms with van der Waals surface area (Å²) in [6, 6.07) is 11.3. The third-order valence-corrected chi connectivity index (χ3v) is 4.19. The molecule has 3 rings (SSSR count). The zero-order chi connectivity index (χ0) is 21.0. The van der Waals surface area contributed by atoms with Crippen molar-refractivity contribution in [2.75, 3.05) is 11.9 Å². The van der Waals surface area contributed by atoms with Crippen LogP contribution < -0.4 is 25.4 Å². The molecule has 0 saturated carbocycles. The number of anilines is 1. The lowest BCUT2D eigenvalue weighted by Crippen LogP contribution is -2.40. The number of hydrogen-bond donors (Lipinski definition) is 3. The smallest absolute Gasteiger partial charge is 0.387 e. The van der Waals surface area contributed by atoms with E-state index in [0.717, 1.165) is 0 Å². The SMILES string of the molecule is CC1(c2cccc(OCC(=O)Nc3ccc(OC(F)F)cc3)c2)NC(=O)NC1=O. The number of alkyl halides is 2. The summed E-state index contributed by atoms with van der Waals surface area (Å²) in [4.78, 5) is 35.5. The first-order chi connectivity index (χ1) is 13.8. The van der Waals surface area contributed by atoms with Crippen LogP contribution in [0, 0.1) is 0 Å². The van der Waals surface area contributed by atoms with Crippen molar-refractivity contribution in [3.63, 3.8) is 0 Å². The molecular weight excluding hydrogens is 388 g/mol. The summed E-state index contributed by atoms with van der Waals surface area (Å²) in [5.41, 5.74) is -0.360. The minimum absolute atomic E-state index is 0.0254. The quantitative estimate of drug-likeness (QED) is 0.614. The van der Waals surface area contributed by atoms with Crippen molar-refractivity contribution >= 4 is 23.5 Å². The minimum Gasteiger partial charge on any atom is -0.484 e. The molecule has 1 saturated heterocycles. The zero-order valence-corrected chi connectivity index (χ0v) is 15.2. The predicted molar refractivity (Wildman–Crippen MR) is 97.7 cm³/mol. The highest BCUT2D eigenvalue weighted by Gasteiger charge is 2.43. The van der Waals surface area contributed by atoms with Gasteiger partial charge in [-0.3, -0.25) is 14.9 Å². The van der Waals surface area contributed by atoms with E-state index in [0.29, 0.717) is 17.0 Å². The van der Waals surface area contributed by atoms with Gasteiger partial charge in [0.1, 0.15) is 17.0 Å². The Kier molecular flexibility index (Phi) is 5.62. The Morgan fingerprint density at radius 2 is 1.86 bits per heavy atom. The van der Waals surface area contributed by atoms with Gasteiger partial charge in [0.15, 0.2) is 6.61 Å². The number of imide groups is 1. The average molecular weight is 405 g/mol. The molecule has 2 aromatic carbocycles. The number of halogens is 2. The van der Waals surface area contributed by atoms with Crippen LogP contribution in [0.4, 0.5) is 19.3 Å². The van der Waals surface area contributed by atoms with Crippen LogP contribution in [0.15, 0.2) is 48.5 Å². The molecule has 10 heteroatoms. The molecule has 1 fully saturated rings. The number of urea groups is 1. The number of carbonyl (C=O) groups excluding carboxylic acids is 3. The molecule has 1 heterocycles. The summed E-state index contributed by atoms with van der Waals surface area (Å²) < 4.78 is 33.9. The molecule has 8 nitrogen and oxygen atoms in total. The van der Waals surface area contributed by atoms with Crippen LogP contribution in [0.2, 0.25) is 0 Å². The summed E-state index contributed by atoms with van der Waals surface area (Å²) in [6.45, 7) is -1.69. The lowest BCUT2D eigenvalue weighted by atomic mass is 9.92. The largest absolute Gasteiger partial charge is 0.484 e. The first-order valence-corrected chi connectivity index (χ1v) is 8.48. The lowest BCUT2D eigenvalue weighted by Gasteiger charge is -2.21.